The molecule has 20 heavy (non-hydrogen) atoms. The van der Waals surface area contributed by atoms with E-state index in [9.17, 15) is 4.79 Å². The summed E-state index contributed by atoms with van der Waals surface area (Å²) < 4.78 is 10.1. The van der Waals surface area contributed by atoms with Crippen molar-refractivity contribution in [2.24, 2.45) is 5.92 Å². The van der Waals surface area contributed by atoms with Gasteiger partial charge in [0.1, 0.15) is 0 Å². The third kappa shape index (κ3) is 4.06. The maximum absolute atomic E-state index is 12.0. The maximum atomic E-state index is 12.0. The summed E-state index contributed by atoms with van der Waals surface area (Å²) in [6.07, 6.45) is 2.65. The minimum atomic E-state index is -0.0889. The number of aromatic nitrogens is 2. The van der Waals surface area contributed by atoms with E-state index >= 15 is 0 Å². The number of carbonyl (C=O) groups is 1. The molecule has 7 heteroatoms. The molecule has 1 aromatic heterocycles. The van der Waals surface area contributed by atoms with E-state index in [4.69, 9.17) is 9.47 Å². The number of anilines is 1. The van der Waals surface area contributed by atoms with Crippen molar-refractivity contribution in [3.05, 3.63) is 6.07 Å². The summed E-state index contributed by atoms with van der Waals surface area (Å²) in [7, 11) is 3.00. The van der Waals surface area contributed by atoms with Crippen LogP contribution in [0.5, 0.6) is 11.8 Å². The van der Waals surface area contributed by atoms with Crippen LogP contribution in [0.25, 0.3) is 0 Å². The molecule has 0 radical (unpaired) electrons. The Kier molecular flexibility index (Phi) is 5.11. The van der Waals surface area contributed by atoms with Gasteiger partial charge in [-0.05, 0) is 31.8 Å². The van der Waals surface area contributed by atoms with Crippen LogP contribution in [0.4, 0.5) is 5.95 Å². The van der Waals surface area contributed by atoms with Crippen molar-refractivity contribution in [1.29, 1.82) is 0 Å². The molecular formula is C13H20N4O3. The summed E-state index contributed by atoms with van der Waals surface area (Å²) >= 11 is 0. The standard InChI is InChI=1S/C13H20N4O3/c1-19-11-7-12(20-2)17-13(16-11)15-10(18)6-9-4-3-5-14-8-9/h7,9,14H,3-6,8H2,1-2H3,(H,15,16,17,18). The summed E-state index contributed by atoms with van der Waals surface area (Å²) in [5.74, 6) is 1.19. The van der Waals surface area contributed by atoms with Crippen molar-refractivity contribution < 1.29 is 14.3 Å². The quantitative estimate of drug-likeness (QED) is 0.830. The number of rotatable bonds is 5. The molecule has 7 nitrogen and oxygen atoms in total. The highest BCUT2D eigenvalue weighted by Gasteiger charge is 2.17. The Morgan fingerprint density at radius 2 is 2.10 bits per heavy atom. The van der Waals surface area contributed by atoms with Crippen LogP contribution in [0.15, 0.2) is 6.07 Å². The molecule has 1 atom stereocenters. The lowest BCUT2D eigenvalue weighted by Crippen LogP contribution is -2.32. The Bertz CT molecular complexity index is 439. The normalized spacial score (nSPS) is 18.4. The number of amides is 1. The van der Waals surface area contributed by atoms with Crippen molar-refractivity contribution in [1.82, 2.24) is 15.3 Å². The Morgan fingerprint density at radius 1 is 1.40 bits per heavy atom. The van der Waals surface area contributed by atoms with Crippen LogP contribution in [0.2, 0.25) is 0 Å². The SMILES string of the molecule is COc1cc(OC)nc(NC(=O)CC2CCCNC2)n1. The van der Waals surface area contributed by atoms with Gasteiger partial charge in [-0.15, -0.1) is 0 Å². The molecule has 0 aromatic carbocycles. The number of methoxy groups -OCH3 is 2. The molecule has 1 fully saturated rings. The third-order valence-corrected chi connectivity index (χ3v) is 3.22. The molecule has 0 spiro atoms. The van der Waals surface area contributed by atoms with Crippen LogP contribution in [0, 0.1) is 5.92 Å². The predicted octanol–water partition coefficient (Wildman–Crippen LogP) is 0.822. The molecule has 1 aromatic rings. The molecule has 0 saturated carbocycles. The molecule has 1 aliphatic heterocycles. The van der Waals surface area contributed by atoms with Gasteiger partial charge in [0.25, 0.3) is 0 Å². The molecule has 1 saturated heterocycles. The molecule has 1 aliphatic rings. The van der Waals surface area contributed by atoms with Crippen molar-refractivity contribution >= 4 is 11.9 Å². The minimum absolute atomic E-state index is 0.0889. The van der Waals surface area contributed by atoms with Gasteiger partial charge in [-0.1, -0.05) is 0 Å². The number of nitrogens with zero attached hydrogens (tertiary/aromatic N) is 2. The second-order valence-corrected chi connectivity index (χ2v) is 4.74. The largest absolute Gasteiger partial charge is 0.481 e. The van der Waals surface area contributed by atoms with Crippen LogP contribution in [-0.2, 0) is 4.79 Å². The van der Waals surface area contributed by atoms with Gasteiger partial charge < -0.3 is 14.8 Å². The van der Waals surface area contributed by atoms with Crippen LogP contribution in [0.1, 0.15) is 19.3 Å². The average Bonchev–Trinajstić information content (AvgIpc) is 2.47. The zero-order valence-electron chi connectivity index (χ0n) is 11.8. The van der Waals surface area contributed by atoms with Gasteiger partial charge in [-0.2, -0.15) is 9.97 Å². The lowest BCUT2D eigenvalue weighted by atomic mass is 9.96. The number of piperidine rings is 1. The summed E-state index contributed by atoms with van der Waals surface area (Å²) in [5, 5.41) is 5.98. The number of carbonyl (C=O) groups excluding carboxylic acids is 1. The highest BCUT2D eigenvalue weighted by atomic mass is 16.5. The number of hydrogen-bond donors (Lipinski definition) is 2. The van der Waals surface area contributed by atoms with Gasteiger partial charge in [0.2, 0.25) is 23.6 Å². The van der Waals surface area contributed by atoms with E-state index < -0.39 is 0 Å². The zero-order valence-corrected chi connectivity index (χ0v) is 11.8. The molecule has 2 rings (SSSR count). The monoisotopic (exact) mass is 280 g/mol. The van der Waals surface area contributed by atoms with Crippen molar-refractivity contribution in [3.63, 3.8) is 0 Å². The van der Waals surface area contributed by atoms with E-state index in [0.717, 1.165) is 25.9 Å². The smallest absolute Gasteiger partial charge is 0.236 e. The summed E-state index contributed by atoms with van der Waals surface area (Å²) in [4.78, 5) is 20.1. The first-order valence-electron chi connectivity index (χ1n) is 6.69. The van der Waals surface area contributed by atoms with Gasteiger partial charge in [0.05, 0.1) is 20.3 Å². The molecule has 2 heterocycles. The van der Waals surface area contributed by atoms with E-state index in [2.05, 4.69) is 20.6 Å². The highest BCUT2D eigenvalue weighted by molar-refractivity contribution is 5.89. The van der Waals surface area contributed by atoms with Crippen molar-refractivity contribution in [2.45, 2.75) is 19.3 Å². The molecule has 0 aliphatic carbocycles. The minimum Gasteiger partial charge on any atom is -0.481 e. The fraction of sp³-hybridized carbons (Fsp3) is 0.615. The van der Waals surface area contributed by atoms with Gasteiger partial charge in [-0.25, -0.2) is 0 Å². The molecular weight excluding hydrogens is 260 g/mol. The molecule has 1 amide bonds. The fourth-order valence-corrected chi connectivity index (χ4v) is 2.21. The van der Waals surface area contributed by atoms with Crippen molar-refractivity contribution in [3.8, 4) is 11.8 Å². The molecule has 2 N–H and O–H groups in total. The first-order chi connectivity index (χ1) is 9.71. The second kappa shape index (κ2) is 7.04. The number of hydrogen-bond acceptors (Lipinski definition) is 6. The van der Waals surface area contributed by atoms with Gasteiger partial charge >= 0.3 is 0 Å². The topological polar surface area (TPSA) is 85.4 Å². The Balaban J connectivity index is 1.95. The van der Waals surface area contributed by atoms with Gasteiger partial charge in [-0.3, -0.25) is 10.1 Å². The van der Waals surface area contributed by atoms with E-state index in [-0.39, 0.29) is 11.9 Å². The van der Waals surface area contributed by atoms with Crippen LogP contribution >= 0.6 is 0 Å². The summed E-state index contributed by atoms with van der Waals surface area (Å²) in [6.45, 7) is 1.92. The maximum Gasteiger partial charge on any atom is 0.236 e. The third-order valence-electron chi connectivity index (χ3n) is 3.22. The van der Waals surface area contributed by atoms with Gasteiger partial charge in [0.15, 0.2) is 0 Å². The lowest BCUT2D eigenvalue weighted by Gasteiger charge is -2.21. The Hall–Kier alpha value is -1.89. The van der Waals surface area contributed by atoms with Gasteiger partial charge in [0, 0.05) is 6.42 Å². The van der Waals surface area contributed by atoms with Crippen LogP contribution in [-0.4, -0.2) is 43.2 Å². The average molecular weight is 280 g/mol. The Morgan fingerprint density at radius 3 is 2.65 bits per heavy atom. The highest BCUT2D eigenvalue weighted by Crippen LogP contribution is 2.18. The fourth-order valence-electron chi connectivity index (χ4n) is 2.21. The number of ether oxygens (including phenoxy) is 2. The van der Waals surface area contributed by atoms with Crippen LogP contribution in [0.3, 0.4) is 0 Å². The predicted molar refractivity (Wildman–Crippen MR) is 74.0 cm³/mol. The summed E-state index contributed by atoms with van der Waals surface area (Å²) in [5.41, 5.74) is 0. The van der Waals surface area contributed by atoms with E-state index in [1.54, 1.807) is 6.07 Å². The molecule has 1 unspecified atom stereocenters. The zero-order chi connectivity index (χ0) is 14.4. The molecule has 0 bridgehead atoms. The van der Waals surface area contributed by atoms with Crippen LogP contribution < -0.4 is 20.1 Å². The first kappa shape index (κ1) is 14.5. The summed E-state index contributed by atoms with van der Waals surface area (Å²) in [6, 6.07) is 1.56. The first-order valence-corrected chi connectivity index (χ1v) is 6.69. The lowest BCUT2D eigenvalue weighted by molar-refractivity contribution is -0.117. The van der Waals surface area contributed by atoms with E-state index in [0.29, 0.717) is 24.1 Å². The molecule has 110 valence electrons. The van der Waals surface area contributed by atoms with E-state index in [1.807, 2.05) is 0 Å². The Labute approximate surface area is 118 Å². The number of nitrogens with one attached hydrogen (secondary N) is 2. The van der Waals surface area contributed by atoms with E-state index in [1.165, 1.54) is 14.2 Å². The second-order valence-electron chi connectivity index (χ2n) is 4.74. The van der Waals surface area contributed by atoms with Crippen molar-refractivity contribution in [2.75, 3.05) is 32.6 Å².